The van der Waals surface area contributed by atoms with Gasteiger partial charge in [0.25, 0.3) is 0 Å². The Morgan fingerprint density at radius 2 is 2.05 bits per heavy atom. The van der Waals surface area contributed by atoms with Gasteiger partial charge in [-0.25, -0.2) is 0 Å². The zero-order valence-corrected chi connectivity index (χ0v) is 11.4. The lowest BCUT2D eigenvalue weighted by Crippen LogP contribution is -2.29. The van der Waals surface area contributed by atoms with E-state index in [0.29, 0.717) is 6.54 Å². The highest BCUT2D eigenvalue weighted by Gasteiger charge is 2.20. The highest BCUT2D eigenvalue weighted by molar-refractivity contribution is 5.75. The number of nitrogens with one attached hydrogen (secondary N) is 1. The van der Waals surface area contributed by atoms with E-state index in [-0.39, 0.29) is 5.41 Å². The SMILES string of the molecule is CC(C)(C#N)CCCNC(C(=O)O)c1ccccc1. The van der Waals surface area contributed by atoms with Gasteiger partial charge in [0.2, 0.25) is 0 Å². The molecule has 0 spiro atoms. The largest absolute Gasteiger partial charge is 0.480 e. The van der Waals surface area contributed by atoms with Crippen LogP contribution in [-0.4, -0.2) is 17.6 Å². The van der Waals surface area contributed by atoms with Crippen molar-refractivity contribution in [3.63, 3.8) is 0 Å². The summed E-state index contributed by atoms with van der Waals surface area (Å²) in [6.07, 6.45) is 1.52. The van der Waals surface area contributed by atoms with Crippen LogP contribution in [0.5, 0.6) is 0 Å². The summed E-state index contributed by atoms with van der Waals surface area (Å²) in [7, 11) is 0. The van der Waals surface area contributed by atoms with Crippen LogP contribution < -0.4 is 5.32 Å². The van der Waals surface area contributed by atoms with E-state index in [1.807, 2.05) is 32.0 Å². The standard InChI is InChI=1S/C15H20N2O2/c1-15(2,11-16)9-6-10-17-13(14(18)19)12-7-4-3-5-8-12/h3-5,7-8,13,17H,6,9-10H2,1-2H3,(H,18,19). The molecule has 0 heterocycles. The molecule has 0 aliphatic heterocycles. The van der Waals surface area contributed by atoms with Gasteiger partial charge in [0.05, 0.1) is 11.5 Å². The molecule has 0 aliphatic rings. The Labute approximate surface area is 114 Å². The van der Waals surface area contributed by atoms with Crippen LogP contribution in [-0.2, 0) is 4.79 Å². The molecule has 0 aliphatic carbocycles. The minimum atomic E-state index is -0.884. The van der Waals surface area contributed by atoms with E-state index in [2.05, 4.69) is 11.4 Å². The van der Waals surface area contributed by atoms with Gasteiger partial charge in [0.15, 0.2) is 0 Å². The van der Waals surface area contributed by atoms with Crippen LogP contribution in [0.4, 0.5) is 0 Å². The third-order valence-electron chi connectivity index (χ3n) is 3.01. The van der Waals surface area contributed by atoms with Gasteiger partial charge in [0.1, 0.15) is 6.04 Å². The van der Waals surface area contributed by atoms with Crippen LogP contribution in [0.3, 0.4) is 0 Å². The van der Waals surface area contributed by atoms with Gasteiger partial charge in [-0.1, -0.05) is 30.3 Å². The van der Waals surface area contributed by atoms with Crippen LogP contribution in [0, 0.1) is 16.7 Å². The van der Waals surface area contributed by atoms with E-state index in [0.717, 1.165) is 18.4 Å². The number of hydrogen-bond donors (Lipinski definition) is 2. The molecule has 1 unspecified atom stereocenters. The summed E-state index contributed by atoms with van der Waals surface area (Å²) < 4.78 is 0. The van der Waals surface area contributed by atoms with Crippen molar-refractivity contribution in [1.29, 1.82) is 5.26 Å². The molecule has 1 aromatic carbocycles. The molecule has 4 heteroatoms. The number of carboxylic acid groups (broad SMARTS) is 1. The lowest BCUT2D eigenvalue weighted by molar-refractivity contribution is -0.139. The monoisotopic (exact) mass is 260 g/mol. The van der Waals surface area contributed by atoms with Crippen LogP contribution in [0.15, 0.2) is 30.3 Å². The van der Waals surface area contributed by atoms with Gasteiger partial charge in [0, 0.05) is 0 Å². The van der Waals surface area contributed by atoms with Gasteiger partial charge in [-0.05, 0) is 38.8 Å². The maximum Gasteiger partial charge on any atom is 0.325 e. The average molecular weight is 260 g/mol. The fourth-order valence-corrected chi connectivity index (χ4v) is 1.83. The Hall–Kier alpha value is -1.86. The molecule has 2 N–H and O–H groups in total. The van der Waals surface area contributed by atoms with Crippen molar-refractivity contribution in [2.45, 2.75) is 32.7 Å². The lowest BCUT2D eigenvalue weighted by atomic mass is 9.90. The molecule has 19 heavy (non-hydrogen) atoms. The van der Waals surface area contributed by atoms with E-state index in [1.165, 1.54) is 0 Å². The van der Waals surface area contributed by atoms with Crippen molar-refractivity contribution in [3.8, 4) is 6.07 Å². The predicted octanol–water partition coefficient (Wildman–Crippen LogP) is 2.73. The Bertz CT molecular complexity index is 449. The number of rotatable bonds is 7. The Kier molecular flexibility index (Phi) is 5.53. The molecule has 1 rings (SSSR count). The minimum Gasteiger partial charge on any atom is -0.480 e. The first-order valence-electron chi connectivity index (χ1n) is 6.39. The first-order valence-corrected chi connectivity index (χ1v) is 6.39. The molecule has 1 aromatic rings. The van der Waals surface area contributed by atoms with Gasteiger partial charge < -0.3 is 10.4 Å². The molecule has 0 saturated heterocycles. The van der Waals surface area contributed by atoms with Gasteiger partial charge in [-0.3, -0.25) is 4.79 Å². The summed E-state index contributed by atoms with van der Waals surface area (Å²) in [5.74, 6) is -0.884. The predicted molar refractivity (Wildman–Crippen MR) is 73.4 cm³/mol. The van der Waals surface area contributed by atoms with Crippen molar-refractivity contribution in [1.82, 2.24) is 5.32 Å². The number of carboxylic acids is 1. The second kappa shape index (κ2) is 6.91. The van der Waals surface area contributed by atoms with Crippen molar-refractivity contribution < 1.29 is 9.90 Å². The van der Waals surface area contributed by atoms with Crippen LogP contribution >= 0.6 is 0 Å². The highest BCUT2D eigenvalue weighted by atomic mass is 16.4. The highest BCUT2D eigenvalue weighted by Crippen LogP contribution is 2.20. The molecular weight excluding hydrogens is 240 g/mol. The van der Waals surface area contributed by atoms with E-state index < -0.39 is 12.0 Å². The van der Waals surface area contributed by atoms with Crippen molar-refractivity contribution in [2.75, 3.05) is 6.54 Å². The van der Waals surface area contributed by atoms with Crippen LogP contribution in [0.25, 0.3) is 0 Å². The third-order valence-corrected chi connectivity index (χ3v) is 3.01. The van der Waals surface area contributed by atoms with Crippen molar-refractivity contribution >= 4 is 5.97 Å². The molecule has 0 aromatic heterocycles. The summed E-state index contributed by atoms with van der Waals surface area (Å²) in [6.45, 7) is 4.36. The Morgan fingerprint density at radius 1 is 1.42 bits per heavy atom. The second-order valence-electron chi connectivity index (χ2n) is 5.24. The topological polar surface area (TPSA) is 73.1 Å². The molecule has 1 atom stereocenters. The average Bonchev–Trinajstić information content (AvgIpc) is 2.39. The normalized spacial score (nSPS) is 12.7. The van der Waals surface area contributed by atoms with Gasteiger partial charge in [-0.15, -0.1) is 0 Å². The smallest absolute Gasteiger partial charge is 0.325 e. The second-order valence-corrected chi connectivity index (χ2v) is 5.24. The third kappa shape index (κ3) is 5.11. The number of benzene rings is 1. The maximum atomic E-state index is 11.2. The fraction of sp³-hybridized carbons (Fsp3) is 0.467. The fourth-order valence-electron chi connectivity index (χ4n) is 1.83. The van der Waals surface area contributed by atoms with E-state index >= 15 is 0 Å². The van der Waals surface area contributed by atoms with Crippen LogP contribution in [0.2, 0.25) is 0 Å². The quantitative estimate of drug-likeness (QED) is 0.739. The Morgan fingerprint density at radius 3 is 2.58 bits per heavy atom. The zero-order valence-electron chi connectivity index (χ0n) is 11.4. The molecule has 4 nitrogen and oxygen atoms in total. The van der Waals surface area contributed by atoms with E-state index in [9.17, 15) is 9.90 Å². The summed E-state index contributed by atoms with van der Waals surface area (Å²) in [4.78, 5) is 11.2. The number of aliphatic carboxylic acids is 1. The molecule has 0 bridgehead atoms. The van der Waals surface area contributed by atoms with Crippen molar-refractivity contribution in [2.24, 2.45) is 5.41 Å². The first-order chi connectivity index (χ1) is 8.96. The maximum absolute atomic E-state index is 11.2. The summed E-state index contributed by atoms with van der Waals surface area (Å²) in [5.41, 5.74) is 0.391. The summed E-state index contributed by atoms with van der Waals surface area (Å²) >= 11 is 0. The number of nitrogens with zero attached hydrogens (tertiary/aromatic N) is 1. The minimum absolute atomic E-state index is 0.354. The summed E-state index contributed by atoms with van der Waals surface area (Å²) in [5, 5.41) is 21.1. The summed E-state index contributed by atoms with van der Waals surface area (Å²) in [6, 6.07) is 10.7. The molecule has 0 radical (unpaired) electrons. The van der Waals surface area contributed by atoms with E-state index in [4.69, 9.17) is 5.26 Å². The van der Waals surface area contributed by atoms with Gasteiger partial charge in [-0.2, -0.15) is 5.26 Å². The van der Waals surface area contributed by atoms with E-state index in [1.54, 1.807) is 12.1 Å². The zero-order chi connectivity index (χ0) is 14.3. The molecule has 0 saturated carbocycles. The number of nitriles is 1. The van der Waals surface area contributed by atoms with Crippen molar-refractivity contribution in [3.05, 3.63) is 35.9 Å². The Balaban J connectivity index is 2.49. The van der Waals surface area contributed by atoms with Crippen LogP contribution in [0.1, 0.15) is 38.3 Å². The number of carbonyl (C=O) groups is 1. The molecular formula is C15H20N2O2. The van der Waals surface area contributed by atoms with Gasteiger partial charge >= 0.3 is 5.97 Å². The lowest BCUT2D eigenvalue weighted by Gasteiger charge is -2.17. The molecule has 102 valence electrons. The molecule has 0 fully saturated rings. The number of hydrogen-bond acceptors (Lipinski definition) is 3. The first kappa shape index (κ1) is 15.2. The molecule has 0 amide bonds.